The molecule has 0 unspecified atom stereocenters. The molecule has 0 saturated carbocycles. The van der Waals surface area contributed by atoms with Gasteiger partial charge in [0.2, 0.25) is 11.1 Å². The highest BCUT2D eigenvalue weighted by molar-refractivity contribution is 7.04. The Morgan fingerprint density at radius 3 is 2.25 bits per heavy atom. The first-order chi connectivity index (χ1) is 3.72. The molecule has 0 aromatic carbocycles. The van der Waals surface area contributed by atoms with Gasteiger partial charge in [0.25, 0.3) is 0 Å². The molecule has 0 aliphatic carbocycles. The van der Waals surface area contributed by atoms with Gasteiger partial charge in [-0.05, 0) is 18.5 Å². The maximum Gasteiger partial charge on any atom is 0.230 e. The zero-order valence-electron chi connectivity index (χ0n) is 4.11. The van der Waals surface area contributed by atoms with Crippen molar-refractivity contribution in [2.24, 2.45) is 0 Å². The van der Waals surface area contributed by atoms with E-state index in [1.165, 1.54) is 6.92 Å². The summed E-state index contributed by atoms with van der Waals surface area (Å²) >= 11 is 0.539. The lowest BCUT2D eigenvalue weighted by atomic mass is 10.4. The van der Waals surface area contributed by atoms with Crippen molar-refractivity contribution in [1.82, 2.24) is 4.37 Å². The van der Waals surface area contributed by atoms with Gasteiger partial charge < -0.3 is 0 Å². The zero-order valence-corrected chi connectivity index (χ0v) is 4.93. The summed E-state index contributed by atoms with van der Waals surface area (Å²) < 4.78 is 27.2. The Labute approximate surface area is 49.1 Å². The fraction of sp³-hybridized carbons (Fsp3) is 0.250. The van der Waals surface area contributed by atoms with Crippen molar-refractivity contribution in [3.63, 3.8) is 0 Å². The van der Waals surface area contributed by atoms with E-state index in [-0.39, 0.29) is 5.56 Å². The van der Waals surface area contributed by atoms with Crippen molar-refractivity contribution in [2.45, 2.75) is 6.92 Å². The van der Waals surface area contributed by atoms with Gasteiger partial charge in [0.05, 0.1) is 5.56 Å². The summed E-state index contributed by atoms with van der Waals surface area (Å²) in [5.41, 5.74) is 0.00926. The number of hydrogen-bond acceptors (Lipinski definition) is 2. The number of nitrogens with zero attached hydrogens (tertiary/aromatic N) is 1. The molecule has 1 aromatic rings. The van der Waals surface area contributed by atoms with E-state index in [4.69, 9.17) is 0 Å². The quantitative estimate of drug-likeness (QED) is 0.528. The lowest BCUT2D eigenvalue weighted by Crippen LogP contribution is -1.75. The van der Waals surface area contributed by atoms with Crippen LogP contribution in [0.25, 0.3) is 0 Å². The van der Waals surface area contributed by atoms with E-state index < -0.39 is 11.1 Å². The summed E-state index contributed by atoms with van der Waals surface area (Å²) in [6, 6.07) is 0. The second kappa shape index (κ2) is 1.78. The zero-order chi connectivity index (χ0) is 6.15. The molecular formula is C4H3F2NS. The van der Waals surface area contributed by atoms with Crippen LogP contribution >= 0.6 is 11.5 Å². The van der Waals surface area contributed by atoms with Crippen molar-refractivity contribution in [3.8, 4) is 0 Å². The molecule has 0 saturated heterocycles. The molecule has 0 atom stereocenters. The van der Waals surface area contributed by atoms with Crippen LogP contribution in [0.5, 0.6) is 0 Å². The molecule has 1 aromatic heterocycles. The van der Waals surface area contributed by atoms with E-state index in [0.29, 0.717) is 11.5 Å². The average molecular weight is 135 g/mol. The van der Waals surface area contributed by atoms with Gasteiger partial charge in [-0.3, -0.25) is 0 Å². The van der Waals surface area contributed by atoms with E-state index in [1.807, 2.05) is 0 Å². The Morgan fingerprint density at radius 1 is 1.50 bits per heavy atom. The topological polar surface area (TPSA) is 12.9 Å². The monoisotopic (exact) mass is 135 g/mol. The third kappa shape index (κ3) is 0.709. The van der Waals surface area contributed by atoms with Gasteiger partial charge in [-0.2, -0.15) is 13.2 Å². The van der Waals surface area contributed by atoms with Crippen molar-refractivity contribution >= 4 is 11.5 Å². The van der Waals surface area contributed by atoms with Gasteiger partial charge in [-0.25, -0.2) is 0 Å². The maximum atomic E-state index is 12.1. The average Bonchev–Trinajstić information content (AvgIpc) is 1.98. The van der Waals surface area contributed by atoms with Crippen LogP contribution in [0, 0.1) is 18.0 Å². The Morgan fingerprint density at radius 2 is 2.12 bits per heavy atom. The van der Waals surface area contributed by atoms with Crippen LogP contribution in [-0.4, -0.2) is 4.37 Å². The second-order valence-electron chi connectivity index (χ2n) is 1.37. The molecule has 44 valence electrons. The third-order valence-electron chi connectivity index (χ3n) is 0.810. The SMILES string of the molecule is Cc1c(F)nsc1F. The minimum atomic E-state index is -0.701. The molecule has 0 aliphatic heterocycles. The van der Waals surface area contributed by atoms with Crippen LogP contribution in [0.2, 0.25) is 0 Å². The Hall–Kier alpha value is -0.510. The van der Waals surface area contributed by atoms with E-state index in [9.17, 15) is 8.78 Å². The van der Waals surface area contributed by atoms with Crippen LogP contribution in [-0.2, 0) is 0 Å². The van der Waals surface area contributed by atoms with Crippen LogP contribution in [0.1, 0.15) is 5.56 Å². The lowest BCUT2D eigenvalue weighted by Gasteiger charge is -1.76. The molecule has 0 aliphatic rings. The van der Waals surface area contributed by atoms with E-state index in [2.05, 4.69) is 4.37 Å². The maximum absolute atomic E-state index is 12.1. The van der Waals surface area contributed by atoms with Crippen LogP contribution < -0.4 is 0 Å². The Kier molecular flexibility index (Phi) is 1.25. The molecule has 0 amide bonds. The number of rotatable bonds is 0. The molecule has 4 heteroatoms. The predicted octanol–water partition coefficient (Wildman–Crippen LogP) is 1.73. The molecule has 0 N–H and O–H groups in total. The van der Waals surface area contributed by atoms with Gasteiger partial charge >= 0.3 is 0 Å². The first-order valence-electron chi connectivity index (χ1n) is 1.99. The molecule has 0 fully saturated rings. The first kappa shape index (κ1) is 5.62. The molecule has 1 nitrogen and oxygen atoms in total. The smallest absolute Gasteiger partial charge is 0.193 e. The van der Waals surface area contributed by atoms with Crippen molar-refractivity contribution in [1.29, 1.82) is 0 Å². The normalized spacial score (nSPS) is 9.88. The van der Waals surface area contributed by atoms with Crippen LogP contribution in [0.4, 0.5) is 8.78 Å². The molecule has 0 bridgehead atoms. The summed E-state index contributed by atoms with van der Waals surface area (Å²) in [6.07, 6.45) is 0. The summed E-state index contributed by atoms with van der Waals surface area (Å²) in [6.45, 7) is 1.36. The van der Waals surface area contributed by atoms with Gasteiger partial charge in [0.1, 0.15) is 0 Å². The van der Waals surface area contributed by atoms with Crippen LogP contribution in [0.15, 0.2) is 0 Å². The minimum Gasteiger partial charge on any atom is -0.193 e. The lowest BCUT2D eigenvalue weighted by molar-refractivity contribution is 0.572. The van der Waals surface area contributed by atoms with Crippen molar-refractivity contribution < 1.29 is 8.78 Å². The fourth-order valence-corrected chi connectivity index (χ4v) is 0.817. The molecular weight excluding hydrogens is 132 g/mol. The molecule has 1 rings (SSSR count). The van der Waals surface area contributed by atoms with Gasteiger partial charge in [-0.1, -0.05) is 0 Å². The first-order valence-corrected chi connectivity index (χ1v) is 2.76. The molecule has 0 radical (unpaired) electrons. The second-order valence-corrected chi connectivity index (χ2v) is 2.10. The number of halogens is 2. The highest BCUT2D eigenvalue weighted by Crippen LogP contribution is 2.12. The fourth-order valence-electron chi connectivity index (χ4n) is 0.298. The number of hydrogen-bond donors (Lipinski definition) is 0. The van der Waals surface area contributed by atoms with E-state index in [1.54, 1.807) is 0 Å². The van der Waals surface area contributed by atoms with E-state index >= 15 is 0 Å². The van der Waals surface area contributed by atoms with Crippen molar-refractivity contribution in [3.05, 3.63) is 16.6 Å². The third-order valence-corrected chi connectivity index (χ3v) is 1.53. The van der Waals surface area contributed by atoms with Gasteiger partial charge in [0, 0.05) is 0 Å². The minimum absolute atomic E-state index is 0.00926. The summed E-state index contributed by atoms with van der Waals surface area (Å²) in [5, 5.41) is -0.539. The van der Waals surface area contributed by atoms with E-state index in [0.717, 1.165) is 0 Å². The summed E-state index contributed by atoms with van der Waals surface area (Å²) in [4.78, 5) is 0. The van der Waals surface area contributed by atoms with Crippen molar-refractivity contribution in [2.75, 3.05) is 0 Å². The Balaban J connectivity index is 3.19. The molecule has 0 spiro atoms. The summed E-state index contributed by atoms with van der Waals surface area (Å²) in [7, 11) is 0. The predicted molar refractivity (Wildman–Crippen MR) is 26.8 cm³/mol. The van der Waals surface area contributed by atoms with Crippen LogP contribution in [0.3, 0.4) is 0 Å². The standard InChI is InChI=1S/C4H3F2NS/c1-2-3(5)7-8-4(2)6/h1H3. The van der Waals surface area contributed by atoms with Gasteiger partial charge in [-0.15, -0.1) is 0 Å². The Bertz CT molecular complexity index is 176. The highest BCUT2D eigenvalue weighted by Gasteiger charge is 2.05. The molecule has 1 heterocycles. The highest BCUT2D eigenvalue weighted by atomic mass is 32.1. The van der Waals surface area contributed by atoms with Gasteiger partial charge in [0.15, 0.2) is 0 Å². The largest absolute Gasteiger partial charge is 0.230 e. The molecule has 8 heavy (non-hydrogen) atoms. The number of aromatic nitrogens is 1. The summed E-state index contributed by atoms with van der Waals surface area (Å²) in [5.74, 6) is -0.701.